The molecule has 4 nitrogen and oxygen atoms in total. The lowest BCUT2D eigenvalue weighted by Gasteiger charge is -2.14. The quantitative estimate of drug-likeness (QED) is 0.176. The first-order chi connectivity index (χ1) is 25.3. The van der Waals surface area contributed by atoms with Crippen molar-refractivity contribution in [3.63, 3.8) is 0 Å². The molecular formula is C47H32N4. The minimum Gasteiger partial charge on any atom is -0.316 e. The van der Waals surface area contributed by atoms with Crippen molar-refractivity contribution in [2.75, 3.05) is 0 Å². The van der Waals surface area contributed by atoms with E-state index >= 15 is 0 Å². The summed E-state index contributed by atoms with van der Waals surface area (Å²) in [6.07, 6.45) is 6.75. The molecule has 10 rings (SSSR count). The number of pyridine rings is 1. The largest absolute Gasteiger partial charge is 0.316 e. The first kappa shape index (κ1) is 29.0. The Kier molecular flexibility index (Phi) is 6.78. The first-order valence-electron chi connectivity index (χ1n) is 17.3. The summed E-state index contributed by atoms with van der Waals surface area (Å²) in [6.45, 7) is 0. The highest BCUT2D eigenvalue weighted by atomic mass is 15.1. The van der Waals surface area contributed by atoms with E-state index in [1.165, 1.54) is 49.5 Å². The Hall–Kier alpha value is -6.91. The molecule has 0 radical (unpaired) electrons. The van der Waals surface area contributed by atoms with Gasteiger partial charge in [0.05, 0.1) is 22.2 Å². The summed E-state index contributed by atoms with van der Waals surface area (Å²) in [5, 5.41) is 3.58. The van der Waals surface area contributed by atoms with Gasteiger partial charge in [0.15, 0.2) is 0 Å². The van der Waals surface area contributed by atoms with Crippen LogP contribution in [0.25, 0.3) is 83.4 Å². The van der Waals surface area contributed by atoms with Gasteiger partial charge in [0.25, 0.3) is 0 Å². The van der Waals surface area contributed by atoms with Crippen molar-refractivity contribution in [1.29, 1.82) is 0 Å². The highest BCUT2D eigenvalue weighted by Crippen LogP contribution is 2.37. The van der Waals surface area contributed by atoms with E-state index < -0.39 is 0 Å². The van der Waals surface area contributed by atoms with E-state index in [2.05, 4.69) is 208 Å². The van der Waals surface area contributed by atoms with E-state index in [4.69, 9.17) is 4.98 Å². The summed E-state index contributed by atoms with van der Waals surface area (Å²) in [7, 11) is 0. The summed E-state index contributed by atoms with van der Waals surface area (Å²) in [5.74, 6) is 1.69. The van der Waals surface area contributed by atoms with Crippen LogP contribution in [0.2, 0.25) is 0 Å². The van der Waals surface area contributed by atoms with Crippen molar-refractivity contribution >= 4 is 32.7 Å². The Balaban J connectivity index is 1.26. The van der Waals surface area contributed by atoms with E-state index in [-0.39, 0.29) is 0 Å². The predicted molar refractivity (Wildman–Crippen MR) is 211 cm³/mol. The third-order valence-corrected chi connectivity index (χ3v) is 9.95. The van der Waals surface area contributed by atoms with E-state index in [9.17, 15) is 0 Å². The van der Waals surface area contributed by atoms with Gasteiger partial charge in [-0.15, -0.1) is 0 Å². The number of rotatable bonds is 6. The van der Waals surface area contributed by atoms with E-state index in [1.54, 1.807) is 0 Å². The van der Waals surface area contributed by atoms with Gasteiger partial charge in [-0.25, -0.2) is 4.98 Å². The molecule has 0 N–H and O–H groups in total. The molecule has 0 saturated heterocycles. The maximum atomic E-state index is 5.47. The second-order valence-corrected chi connectivity index (χ2v) is 12.9. The molecular weight excluding hydrogens is 621 g/mol. The number of aromatic nitrogens is 4. The van der Waals surface area contributed by atoms with Crippen molar-refractivity contribution in [2.45, 2.75) is 0 Å². The van der Waals surface area contributed by atoms with Gasteiger partial charge in [-0.3, -0.25) is 0 Å². The molecule has 4 heteroatoms. The van der Waals surface area contributed by atoms with Crippen molar-refractivity contribution < 1.29 is 0 Å². The van der Waals surface area contributed by atoms with Gasteiger partial charge in [-0.2, -0.15) is 0 Å². The van der Waals surface area contributed by atoms with Crippen LogP contribution in [0.1, 0.15) is 0 Å². The lowest BCUT2D eigenvalue weighted by Crippen LogP contribution is -2.05. The molecule has 0 bridgehead atoms. The Morgan fingerprint density at radius 2 is 0.627 bits per heavy atom. The summed E-state index contributed by atoms with van der Waals surface area (Å²) in [5.41, 5.74) is 11.5. The van der Waals surface area contributed by atoms with Crippen molar-refractivity contribution in [2.24, 2.45) is 0 Å². The summed E-state index contributed by atoms with van der Waals surface area (Å²) < 4.78 is 6.82. The zero-order valence-electron chi connectivity index (χ0n) is 27.8. The zero-order valence-corrected chi connectivity index (χ0v) is 27.8. The van der Waals surface area contributed by atoms with Gasteiger partial charge in [0, 0.05) is 63.6 Å². The molecule has 0 aliphatic heterocycles. The minimum atomic E-state index is 0.846. The molecule has 10 aromatic rings. The maximum Gasteiger partial charge on any atom is 0.141 e. The Morgan fingerprint density at radius 3 is 1.02 bits per heavy atom. The second-order valence-electron chi connectivity index (χ2n) is 12.9. The molecule has 51 heavy (non-hydrogen) atoms. The standard InChI is InChI=1S/C47H32N4/c1-4-16-33(17-5-1)40-30-49(43-25-13-10-22-37(40)43)36-28-46(50-31-41(34-18-6-2-7-19-34)38-23-11-14-26-44(38)50)48-47(29-36)51-32-42(35-20-8-3-9-21-35)39-24-12-15-27-45(39)51/h1-32H. The fourth-order valence-electron chi connectivity index (χ4n) is 7.55. The van der Waals surface area contributed by atoms with Crippen LogP contribution in [0.3, 0.4) is 0 Å². The summed E-state index contributed by atoms with van der Waals surface area (Å²) in [6, 6.07) is 62.2. The zero-order chi connectivity index (χ0) is 33.7. The van der Waals surface area contributed by atoms with Crippen LogP contribution in [0.5, 0.6) is 0 Å². The van der Waals surface area contributed by atoms with E-state index in [0.717, 1.165) is 33.9 Å². The molecule has 0 aliphatic rings. The summed E-state index contributed by atoms with van der Waals surface area (Å²) >= 11 is 0. The third kappa shape index (κ3) is 4.88. The molecule has 240 valence electrons. The van der Waals surface area contributed by atoms with Crippen LogP contribution in [0.15, 0.2) is 195 Å². The smallest absolute Gasteiger partial charge is 0.141 e. The molecule has 0 amide bonds. The summed E-state index contributed by atoms with van der Waals surface area (Å²) in [4.78, 5) is 5.47. The number of nitrogens with zero attached hydrogens (tertiary/aromatic N) is 4. The van der Waals surface area contributed by atoms with Crippen molar-refractivity contribution in [3.05, 3.63) is 195 Å². The average molecular weight is 653 g/mol. The monoisotopic (exact) mass is 652 g/mol. The van der Waals surface area contributed by atoms with E-state index in [1.807, 2.05) is 0 Å². The van der Waals surface area contributed by atoms with Crippen LogP contribution in [0, 0.1) is 0 Å². The molecule has 0 atom stereocenters. The van der Waals surface area contributed by atoms with Gasteiger partial charge in [0.1, 0.15) is 11.6 Å². The van der Waals surface area contributed by atoms with Crippen molar-refractivity contribution in [3.8, 4) is 50.7 Å². The van der Waals surface area contributed by atoms with Crippen molar-refractivity contribution in [1.82, 2.24) is 18.7 Å². The van der Waals surface area contributed by atoms with Crippen LogP contribution in [0.4, 0.5) is 0 Å². The highest BCUT2D eigenvalue weighted by Gasteiger charge is 2.19. The lowest BCUT2D eigenvalue weighted by atomic mass is 10.1. The second kappa shape index (κ2) is 11.9. The van der Waals surface area contributed by atoms with Gasteiger partial charge >= 0.3 is 0 Å². The van der Waals surface area contributed by atoms with Gasteiger partial charge < -0.3 is 13.7 Å². The number of hydrogen-bond donors (Lipinski definition) is 0. The molecule has 0 aliphatic carbocycles. The normalized spacial score (nSPS) is 11.5. The minimum absolute atomic E-state index is 0.846. The van der Waals surface area contributed by atoms with Gasteiger partial charge in [0.2, 0.25) is 0 Å². The van der Waals surface area contributed by atoms with Crippen LogP contribution in [-0.2, 0) is 0 Å². The average Bonchev–Trinajstić information content (AvgIpc) is 3.91. The number of fused-ring (bicyclic) bond motifs is 3. The van der Waals surface area contributed by atoms with Crippen LogP contribution >= 0.6 is 0 Å². The van der Waals surface area contributed by atoms with Crippen LogP contribution in [-0.4, -0.2) is 18.7 Å². The first-order valence-corrected chi connectivity index (χ1v) is 17.3. The molecule has 0 fully saturated rings. The van der Waals surface area contributed by atoms with Crippen LogP contribution < -0.4 is 0 Å². The Bertz CT molecular complexity index is 2520. The Labute approximate surface area is 295 Å². The fraction of sp³-hybridized carbons (Fsp3) is 0. The predicted octanol–water partition coefficient (Wildman–Crippen LogP) is 11.9. The molecule has 0 saturated carbocycles. The maximum absolute atomic E-state index is 5.47. The molecule has 4 aromatic heterocycles. The van der Waals surface area contributed by atoms with Gasteiger partial charge in [-0.05, 0) is 34.9 Å². The molecule has 0 unspecified atom stereocenters. The number of benzene rings is 6. The lowest BCUT2D eigenvalue weighted by molar-refractivity contribution is 0.964. The SMILES string of the molecule is c1ccc(-c2cn(-c3cc(-n4cc(-c5ccccc5)c5ccccc54)nc(-n4cc(-c5ccccc5)c5ccccc54)c3)c3ccccc23)cc1. The highest BCUT2D eigenvalue weighted by molar-refractivity contribution is 5.99. The molecule has 4 heterocycles. The molecule has 0 spiro atoms. The van der Waals surface area contributed by atoms with Gasteiger partial charge in [-0.1, -0.05) is 146 Å². The fourth-order valence-corrected chi connectivity index (χ4v) is 7.55. The topological polar surface area (TPSA) is 27.7 Å². The number of hydrogen-bond acceptors (Lipinski definition) is 1. The van der Waals surface area contributed by atoms with E-state index in [0.29, 0.717) is 0 Å². The number of para-hydroxylation sites is 3. The molecule has 6 aromatic carbocycles. The Morgan fingerprint density at radius 1 is 0.314 bits per heavy atom. The third-order valence-electron chi connectivity index (χ3n) is 9.95.